The number of hydrogen-bond acceptors (Lipinski definition) is 6. The van der Waals surface area contributed by atoms with Gasteiger partial charge in [0.05, 0.1) is 30.6 Å². The first kappa shape index (κ1) is 19.7. The maximum atomic E-state index is 5.66. The third-order valence-electron chi connectivity index (χ3n) is 5.66. The Morgan fingerprint density at radius 1 is 1.19 bits per heavy atom. The first-order valence-electron chi connectivity index (χ1n) is 10.8. The summed E-state index contributed by atoms with van der Waals surface area (Å²) in [5.41, 5.74) is 4.71. The number of morpholine rings is 1. The Labute approximate surface area is 181 Å². The lowest BCUT2D eigenvalue weighted by molar-refractivity contribution is 0.0986. The molecule has 1 N–H and O–H groups in total. The number of hydrogen-bond donors (Lipinski definition) is 1. The van der Waals surface area contributed by atoms with Crippen LogP contribution in [0.1, 0.15) is 20.8 Å². The summed E-state index contributed by atoms with van der Waals surface area (Å²) in [6, 6.07) is 8.49. The van der Waals surface area contributed by atoms with Crippen molar-refractivity contribution in [2.45, 2.75) is 33.4 Å². The van der Waals surface area contributed by atoms with E-state index >= 15 is 0 Å². The van der Waals surface area contributed by atoms with Crippen molar-refractivity contribution in [3.05, 3.63) is 42.9 Å². The summed E-state index contributed by atoms with van der Waals surface area (Å²) in [5, 5.41) is 12.8. The number of aromatic amines is 1. The number of nitrogens with one attached hydrogen (secondary N) is 1. The zero-order valence-electron chi connectivity index (χ0n) is 18.1. The van der Waals surface area contributed by atoms with Gasteiger partial charge in [0, 0.05) is 42.6 Å². The molecule has 0 bridgehead atoms. The van der Waals surface area contributed by atoms with E-state index in [1.54, 1.807) is 6.20 Å². The molecule has 1 aliphatic heterocycles. The summed E-state index contributed by atoms with van der Waals surface area (Å²) in [7, 11) is 0. The summed E-state index contributed by atoms with van der Waals surface area (Å²) in [6.07, 6.45) is 5.45. The molecule has 1 unspecified atom stereocenters. The minimum atomic E-state index is 0.249. The van der Waals surface area contributed by atoms with Gasteiger partial charge in [0.15, 0.2) is 0 Å². The fourth-order valence-corrected chi connectivity index (χ4v) is 4.20. The van der Waals surface area contributed by atoms with Gasteiger partial charge in [0.2, 0.25) is 0 Å². The van der Waals surface area contributed by atoms with Gasteiger partial charge in [-0.25, -0.2) is 4.98 Å². The monoisotopic (exact) mass is 417 g/mol. The Bertz CT molecular complexity index is 1180. The highest BCUT2D eigenvalue weighted by atomic mass is 16.5. The van der Waals surface area contributed by atoms with Gasteiger partial charge in [-0.2, -0.15) is 10.2 Å². The lowest BCUT2D eigenvalue weighted by atomic mass is 10.0. The number of nitrogens with zero attached hydrogens (tertiary/aromatic N) is 6. The Balaban J connectivity index is 1.76. The molecule has 31 heavy (non-hydrogen) atoms. The van der Waals surface area contributed by atoms with Crippen LogP contribution in [0.25, 0.3) is 33.5 Å². The number of anilines is 1. The van der Waals surface area contributed by atoms with E-state index in [1.807, 2.05) is 24.5 Å². The summed E-state index contributed by atoms with van der Waals surface area (Å²) in [5.74, 6) is 1.43. The van der Waals surface area contributed by atoms with E-state index in [0.717, 1.165) is 52.5 Å². The molecule has 0 amide bonds. The van der Waals surface area contributed by atoms with Gasteiger partial charge < -0.3 is 9.64 Å². The molecule has 0 aliphatic carbocycles. The van der Waals surface area contributed by atoms with Crippen molar-refractivity contribution in [3.8, 4) is 22.6 Å². The molecule has 0 spiro atoms. The Kier molecular flexibility index (Phi) is 5.15. The molecule has 1 atom stereocenters. The zero-order valence-corrected chi connectivity index (χ0v) is 18.1. The molecule has 0 radical (unpaired) electrons. The molecule has 5 heterocycles. The SMILES string of the molecule is CC(C)Cn1nccc1-c1cc(N2CCOCC2C)nc2c(-c3ccn[nH]3)nccc12. The maximum Gasteiger partial charge on any atom is 0.130 e. The highest BCUT2D eigenvalue weighted by molar-refractivity contribution is 6.01. The van der Waals surface area contributed by atoms with E-state index in [1.165, 1.54) is 0 Å². The Hall–Kier alpha value is -3.26. The molecular formula is C23H27N7O. The van der Waals surface area contributed by atoms with Crippen LogP contribution in [0.5, 0.6) is 0 Å². The second kappa shape index (κ2) is 8.11. The van der Waals surface area contributed by atoms with Crippen molar-refractivity contribution < 1.29 is 4.74 Å². The number of ether oxygens (including phenoxy) is 1. The largest absolute Gasteiger partial charge is 0.377 e. The summed E-state index contributed by atoms with van der Waals surface area (Å²) >= 11 is 0. The van der Waals surface area contributed by atoms with E-state index in [0.29, 0.717) is 19.1 Å². The molecule has 4 aromatic heterocycles. The van der Waals surface area contributed by atoms with Crippen LogP contribution >= 0.6 is 0 Å². The molecule has 4 aromatic rings. The molecule has 5 rings (SSSR count). The highest BCUT2D eigenvalue weighted by Gasteiger charge is 2.24. The van der Waals surface area contributed by atoms with Crippen LogP contribution in [-0.2, 0) is 11.3 Å². The van der Waals surface area contributed by atoms with E-state index < -0.39 is 0 Å². The van der Waals surface area contributed by atoms with Crippen LogP contribution in [0.2, 0.25) is 0 Å². The first-order valence-corrected chi connectivity index (χ1v) is 10.8. The third kappa shape index (κ3) is 3.67. The smallest absolute Gasteiger partial charge is 0.130 e. The number of pyridine rings is 2. The lowest BCUT2D eigenvalue weighted by Crippen LogP contribution is -2.44. The van der Waals surface area contributed by atoms with Gasteiger partial charge >= 0.3 is 0 Å². The van der Waals surface area contributed by atoms with Crippen molar-refractivity contribution in [2.75, 3.05) is 24.7 Å². The fraction of sp³-hybridized carbons (Fsp3) is 0.391. The Morgan fingerprint density at radius 3 is 2.87 bits per heavy atom. The molecule has 0 saturated carbocycles. The minimum Gasteiger partial charge on any atom is -0.377 e. The van der Waals surface area contributed by atoms with Crippen molar-refractivity contribution >= 4 is 16.7 Å². The van der Waals surface area contributed by atoms with E-state index in [4.69, 9.17) is 9.72 Å². The van der Waals surface area contributed by atoms with E-state index in [2.05, 4.69) is 62.8 Å². The molecule has 8 heteroatoms. The van der Waals surface area contributed by atoms with Crippen molar-refractivity contribution in [1.82, 2.24) is 29.9 Å². The van der Waals surface area contributed by atoms with Crippen LogP contribution < -0.4 is 4.90 Å². The highest BCUT2D eigenvalue weighted by Crippen LogP contribution is 2.35. The molecule has 8 nitrogen and oxygen atoms in total. The van der Waals surface area contributed by atoms with Crippen LogP contribution in [-0.4, -0.2) is 55.7 Å². The summed E-state index contributed by atoms with van der Waals surface area (Å²) in [4.78, 5) is 12.1. The number of rotatable bonds is 5. The van der Waals surface area contributed by atoms with Gasteiger partial charge in [-0.1, -0.05) is 13.8 Å². The molecule has 1 saturated heterocycles. The summed E-state index contributed by atoms with van der Waals surface area (Å²) in [6.45, 7) is 9.64. The zero-order chi connectivity index (χ0) is 21.4. The second-order valence-electron chi connectivity index (χ2n) is 8.46. The van der Waals surface area contributed by atoms with E-state index in [9.17, 15) is 0 Å². The first-order chi connectivity index (χ1) is 15.1. The summed E-state index contributed by atoms with van der Waals surface area (Å²) < 4.78 is 7.75. The standard InChI is InChI=1S/C23H27N7O/c1-15(2)13-30-20(6-9-26-30)18-12-21(29-10-11-31-14-16(29)3)27-22-17(18)4-7-24-23(22)19-5-8-25-28-19/h4-9,12,15-16H,10-11,13-14H2,1-3H3,(H,25,28). The topological polar surface area (TPSA) is 84.8 Å². The lowest BCUT2D eigenvalue weighted by Gasteiger charge is -2.34. The van der Waals surface area contributed by atoms with Crippen LogP contribution in [0.15, 0.2) is 42.9 Å². The maximum absolute atomic E-state index is 5.66. The molecule has 1 aliphatic rings. The van der Waals surface area contributed by atoms with Gasteiger partial charge in [0.25, 0.3) is 0 Å². The quantitative estimate of drug-likeness (QED) is 0.532. The molecule has 160 valence electrons. The van der Waals surface area contributed by atoms with Gasteiger partial charge in [0.1, 0.15) is 17.0 Å². The third-order valence-corrected chi connectivity index (χ3v) is 5.66. The van der Waals surface area contributed by atoms with Crippen LogP contribution in [0, 0.1) is 5.92 Å². The number of H-pyrrole nitrogens is 1. The predicted octanol–water partition coefficient (Wildman–Crippen LogP) is 3.76. The van der Waals surface area contributed by atoms with Crippen molar-refractivity contribution in [1.29, 1.82) is 0 Å². The van der Waals surface area contributed by atoms with Gasteiger partial charge in [-0.3, -0.25) is 14.8 Å². The minimum absolute atomic E-state index is 0.249. The fourth-order valence-electron chi connectivity index (χ4n) is 4.20. The average Bonchev–Trinajstić information content (AvgIpc) is 3.45. The molecule has 1 fully saturated rings. The van der Waals surface area contributed by atoms with Crippen LogP contribution in [0.4, 0.5) is 5.82 Å². The van der Waals surface area contributed by atoms with E-state index in [-0.39, 0.29) is 6.04 Å². The van der Waals surface area contributed by atoms with Gasteiger partial charge in [-0.05, 0) is 37.1 Å². The number of aromatic nitrogens is 6. The predicted molar refractivity (Wildman–Crippen MR) is 121 cm³/mol. The van der Waals surface area contributed by atoms with Crippen LogP contribution in [0.3, 0.4) is 0 Å². The van der Waals surface area contributed by atoms with Crippen molar-refractivity contribution in [3.63, 3.8) is 0 Å². The second-order valence-corrected chi connectivity index (χ2v) is 8.46. The normalized spacial score (nSPS) is 17.0. The number of fused-ring (bicyclic) bond motifs is 1. The average molecular weight is 418 g/mol. The van der Waals surface area contributed by atoms with Gasteiger partial charge in [-0.15, -0.1) is 0 Å². The molecule has 0 aromatic carbocycles. The molecular weight excluding hydrogens is 390 g/mol. The Morgan fingerprint density at radius 2 is 2.10 bits per heavy atom. The van der Waals surface area contributed by atoms with Crippen molar-refractivity contribution in [2.24, 2.45) is 5.92 Å².